The summed E-state index contributed by atoms with van der Waals surface area (Å²) in [5.74, 6) is -0.837. The van der Waals surface area contributed by atoms with Gasteiger partial charge in [0.15, 0.2) is 0 Å². The predicted molar refractivity (Wildman–Crippen MR) is 70.1 cm³/mol. The fraction of sp³-hybridized carbons (Fsp3) is 0.818. The summed E-state index contributed by atoms with van der Waals surface area (Å²) >= 11 is 1.27. The fourth-order valence-electron chi connectivity index (χ4n) is 1.13. The monoisotopic (exact) mass is 262 g/mol. The highest BCUT2D eigenvalue weighted by Crippen LogP contribution is 2.11. The van der Waals surface area contributed by atoms with Crippen LogP contribution in [0.3, 0.4) is 0 Å². The molecule has 1 amide bonds. The Bertz CT molecular complexity index is 249. The SMILES string of the molecule is CCCCCNC(=O)C(C)SCC(N)C(=O)O. The molecule has 0 aromatic carbocycles. The summed E-state index contributed by atoms with van der Waals surface area (Å²) in [4.78, 5) is 22.1. The van der Waals surface area contributed by atoms with E-state index in [4.69, 9.17) is 10.8 Å². The topological polar surface area (TPSA) is 92.4 Å². The molecule has 17 heavy (non-hydrogen) atoms. The van der Waals surface area contributed by atoms with Crippen LogP contribution in [-0.4, -0.2) is 40.6 Å². The lowest BCUT2D eigenvalue weighted by Gasteiger charge is -2.13. The van der Waals surface area contributed by atoms with Crippen LogP contribution in [0.1, 0.15) is 33.1 Å². The van der Waals surface area contributed by atoms with Crippen LogP contribution < -0.4 is 11.1 Å². The third kappa shape index (κ3) is 8.04. The van der Waals surface area contributed by atoms with Crippen LogP contribution in [0.2, 0.25) is 0 Å². The van der Waals surface area contributed by atoms with Crippen molar-refractivity contribution in [1.82, 2.24) is 5.32 Å². The Morgan fingerprint density at radius 2 is 2.06 bits per heavy atom. The van der Waals surface area contributed by atoms with Crippen LogP contribution in [-0.2, 0) is 9.59 Å². The number of amides is 1. The first-order valence-corrected chi connectivity index (χ1v) is 6.91. The zero-order valence-electron chi connectivity index (χ0n) is 10.4. The van der Waals surface area contributed by atoms with E-state index in [2.05, 4.69) is 12.2 Å². The number of nitrogens with one attached hydrogen (secondary N) is 1. The number of thioether (sulfide) groups is 1. The molecule has 4 N–H and O–H groups in total. The highest BCUT2D eigenvalue weighted by molar-refractivity contribution is 8.00. The first-order valence-electron chi connectivity index (χ1n) is 5.86. The minimum atomic E-state index is -1.03. The number of carboxylic acid groups (broad SMARTS) is 1. The van der Waals surface area contributed by atoms with Crippen molar-refractivity contribution >= 4 is 23.6 Å². The van der Waals surface area contributed by atoms with Crippen LogP contribution in [0.5, 0.6) is 0 Å². The standard InChI is InChI=1S/C11H22N2O3S/c1-3-4-5-6-13-10(14)8(2)17-7-9(12)11(15)16/h8-9H,3-7,12H2,1-2H3,(H,13,14)(H,15,16). The Labute approximate surface area is 107 Å². The predicted octanol–water partition coefficient (Wildman–Crippen LogP) is 0.826. The van der Waals surface area contributed by atoms with Gasteiger partial charge in [0.05, 0.1) is 5.25 Å². The van der Waals surface area contributed by atoms with Crippen LogP contribution in [0.25, 0.3) is 0 Å². The van der Waals surface area contributed by atoms with Gasteiger partial charge in [-0.2, -0.15) is 0 Å². The van der Waals surface area contributed by atoms with Crippen LogP contribution >= 0.6 is 11.8 Å². The van der Waals surface area contributed by atoms with E-state index in [9.17, 15) is 9.59 Å². The number of carbonyl (C=O) groups excluding carboxylic acids is 1. The highest BCUT2D eigenvalue weighted by Gasteiger charge is 2.17. The van der Waals surface area contributed by atoms with E-state index in [-0.39, 0.29) is 16.9 Å². The van der Waals surface area contributed by atoms with Gasteiger partial charge in [0, 0.05) is 12.3 Å². The van der Waals surface area contributed by atoms with Crippen molar-refractivity contribution in [3.8, 4) is 0 Å². The number of carbonyl (C=O) groups is 2. The van der Waals surface area contributed by atoms with Crippen LogP contribution in [0.15, 0.2) is 0 Å². The number of hydrogen-bond donors (Lipinski definition) is 3. The molecule has 0 heterocycles. The van der Waals surface area contributed by atoms with E-state index in [1.807, 2.05) is 0 Å². The minimum Gasteiger partial charge on any atom is -0.480 e. The molecule has 0 radical (unpaired) electrons. The molecule has 0 spiro atoms. The summed E-state index contributed by atoms with van der Waals surface area (Å²) in [6.45, 7) is 4.55. The molecule has 0 aliphatic heterocycles. The molecular weight excluding hydrogens is 240 g/mol. The average Bonchev–Trinajstić information content (AvgIpc) is 2.30. The van der Waals surface area contributed by atoms with Gasteiger partial charge < -0.3 is 16.2 Å². The van der Waals surface area contributed by atoms with E-state index < -0.39 is 12.0 Å². The first kappa shape index (κ1) is 16.2. The Morgan fingerprint density at radius 1 is 1.41 bits per heavy atom. The third-order valence-corrected chi connectivity index (χ3v) is 3.56. The van der Waals surface area contributed by atoms with E-state index in [0.29, 0.717) is 6.54 Å². The Kier molecular flexibility index (Phi) is 8.89. The van der Waals surface area contributed by atoms with Crippen molar-refractivity contribution in [2.45, 2.75) is 44.4 Å². The normalized spacial score (nSPS) is 14.1. The molecule has 0 saturated heterocycles. The molecule has 0 aromatic rings. The van der Waals surface area contributed by atoms with Gasteiger partial charge in [-0.1, -0.05) is 19.8 Å². The Morgan fingerprint density at radius 3 is 2.59 bits per heavy atom. The lowest BCUT2D eigenvalue weighted by atomic mass is 10.2. The second-order valence-electron chi connectivity index (χ2n) is 3.92. The Balaban J connectivity index is 3.70. The molecule has 0 rings (SSSR count). The summed E-state index contributed by atoms with van der Waals surface area (Å²) < 4.78 is 0. The lowest BCUT2D eigenvalue weighted by Crippen LogP contribution is -2.36. The zero-order chi connectivity index (χ0) is 13.3. The van der Waals surface area contributed by atoms with Crippen LogP contribution in [0.4, 0.5) is 0 Å². The van der Waals surface area contributed by atoms with E-state index >= 15 is 0 Å². The van der Waals surface area contributed by atoms with Crippen molar-refractivity contribution in [2.24, 2.45) is 5.73 Å². The number of carboxylic acids is 1. The van der Waals surface area contributed by atoms with Gasteiger partial charge in [-0.15, -0.1) is 11.8 Å². The minimum absolute atomic E-state index is 0.0521. The molecule has 0 fully saturated rings. The number of rotatable bonds is 9. The number of nitrogens with two attached hydrogens (primary N) is 1. The first-order chi connectivity index (χ1) is 7.99. The molecule has 0 bridgehead atoms. The van der Waals surface area contributed by atoms with Crippen molar-refractivity contribution in [3.05, 3.63) is 0 Å². The number of unbranched alkanes of at least 4 members (excludes halogenated alkanes) is 2. The van der Waals surface area contributed by atoms with Gasteiger partial charge >= 0.3 is 5.97 Å². The maximum Gasteiger partial charge on any atom is 0.321 e. The number of hydrogen-bond acceptors (Lipinski definition) is 4. The van der Waals surface area contributed by atoms with Crippen molar-refractivity contribution in [3.63, 3.8) is 0 Å². The highest BCUT2D eigenvalue weighted by atomic mass is 32.2. The molecule has 2 atom stereocenters. The summed E-state index contributed by atoms with van der Waals surface area (Å²) in [6.07, 6.45) is 3.20. The van der Waals surface area contributed by atoms with Gasteiger partial charge in [-0.25, -0.2) is 0 Å². The summed E-state index contributed by atoms with van der Waals surface area (Å²) in [6, 6.07) is -0.907. The maximum absolute atomic E-state index is 11.6. The molecule has 6 heteroatoms. The zero-order valence-corrected chi connectivity index (χ0v) is 11.3. The van der Waals surface area contributed by atoms with E-state index in [1.54, 1.807) is 6.92 Å². The molecule has 5 nitrogen and oxygen atoms in total. The van der Waals surface area contributed by atoms with Gasteiger partial charge in [0.2, 0.25) is 5.91 Å². The molecule has 0 aromatic heterocycles. The molecule has 2 unspecified atom stereocenters. The van der Waals surface area contributed by atoms with Crippen molar-refractivity contribution in [1.29, 1.82) is 0 Å². The summed E-state index contributed by atoms with van der Waals surface area (Å²) in [5.41, 5.74) is 5.35. The molecule has 0 aliphatic carbocycles. The van der Waals surface area contributed by atoms with E-state index in [1.165, 1.54) is 11.8 Å². The van der Waals surface area contributed by atoms with E-state index in [0.717, 1.165) is 19.3 Å². The lowest BCUT2D eigenvalue weighted by molar-refractivity contribution is -0.138. The average molecular weight is 262 g/mol. The molecule has 0 saturated carbocycles. The van der Waals surface area contributed by atoms with Crippen molar-refractivity contribution in [2.75, 3.05) is 12.3 Å². The van der Waals surface area contributed by atoms with Gasteiger partial charge in [0.1, 0.15) is 6.04 Å². The van der Waals surface area contributed by atoms with Gasteiger partial charge in [0.25, 0.3) is 0 Å². The van der Waals surface area contributed by atoms with Gasteiger partial charge in [-0.3, -0.25) is 9.59 Å². The Hall–Kier alpha value is -0.750. The molecule has 100 valence electrons. The quantitative estimate of drug-likeness (QED) is 0.535. The second-order valence-corrected chi connectivity index (χ2v) is 5.29. The smallest absolute Gasteiger partial charge is 0.321 e. The number of aliphatic carboxylic acids is 1. The second kappa shape index (κ2) is 9.30. The fourth-order valence-corrected chi connectivity index (χ4v) is 2.00. The van der Waals surface area contributed by atoms with Gasteiger partial charge in [-0.05, 0) is 13.3 Å². The maximum atomic E-state index is 11.6. The van der Waals surface area contributed by atoms with Crippen molar-refractivity contribution < 1.29 is 14.7 Å². The molecular formula is C11H22N2O3S. The van der Waals surface area contributed by atoms with Crippen LogP contribution in [0, 0.1) is 0 Å². The summed E-state index contributed by atoms with van der Waals surface area (Å²) in [7, 11) is 0. The largest absolute Gasteiger partial charge is 0.480 e. The molecule has 0 aliphatic rings. The third-order valence-electron chi connectivity index (χ3n) is 2.29. The summed E-state index contributed by atoms with van der Waals surface area (Å²) in [5, 5.41) is 11.2.